The van der Waals surface area contributed by atoms with Crippen molar-refractivity contribution in [2.45, 2.75) is 25.3 Å². The number of aromatic hydroxyl groups is 1. The number of hydrogen-bond acceptors (Lipinski definition) is 3. The molecule has 1 aromatic carbocycles. The second kappa shape index (κ2) is 3.98. The van der Waals surface area contributed by atoms with Crippen molar-refractivity contribution in [3.8, 4) is 11.5 Å². The van der Waals surface area contributed by atoms with E-state index >= 15 is 0 Å². The molecule has 0 aliphatic carbocycles. The molecular formula is C13H17NO2. The molecule has 0 spiro atoms. The first kappa shape index (κ1) is 9.97. The number of phenolic OH excluding ortho intramolecular Hbond substituents is 1. The van der Waals surface area contributed by atoms with Gasteiger partial charge in [-0.3, -0.25) is 0 Å². The van der Waals surface area contributed by atoms with Crippen molar-refractivity contribution in [3.63, 3.8) is 0 Å². The van der Waals surface area contributed by atoms with Crippen LogP contribution in [0.4, 0.5) is 0 Å². The Morgan fingerprint density at radius 2 is 2.31 bits per heavy atom. The first-order chi connectivity index (χ1) is 7.83. The summed E-state index contributed by atoms with van der Waals surface area (Å²) in [5, 5.41) is 13.0. The number of benzene rings is 1. The van der Waals surface area contributed by atoms with E-state index in [0.717, 1.165) is 30.9 Å². The number of nitrogens with one attached hydrogen (secondary N) is 1. The first-order valence-electron chi connectivity index (χ1n) is 6.01. The van der Waals surface area contributed by atoms with E-state index in [1.54, 1.807) is 6.07 Å². The molecule has 2 unspecified atom stereocenters. The molecule has 2 atom stereocenters. The Bertz CT molecular complexity index is 386. The lowest BCUT2D eigenvalue weighted by atomic mass is 9.89. The summed E-state index contributed by atoms with van der Waals surface area (Å²) in [6, 6.07) is 5.97. The number of fused-ring (bicyclic) bond motifs is 1. The topological polar surface area (TPSA) is 41.5 Å². The van der Waals surface area contributed by atoms with Gasteiger partial charge in [-0.05, 0) is 49.6 Å². The highest BCUT2D eigenvalue weighted by Crippen LogP contribution is 2.32. The van der Waals surface area contributed by atoms with Crippen LogP contribution in [-0.2, 0) is 6.42 Å². The lowest BCUT2D eigenvalue weighted by Crippen LogP contribution is -2.37. The molecule has 1 aromatic rings. The third-order valence-corrected chi connectivity index (χ3v) is 3.65. The summed E-state index contributed by atoms with van der Waals surface area (Å²) in [5.74, 6) is 1.83. The third-order valence-electron chi connectivity index (χ3n) is 3.65. The van der Waals surface area contributed by atoms with Gasteiger partial charge in [0.1, 0.15) is 11.5 Å². The molecule has 3 nitrogen and oxygen atoms in total. The Morgan fingerprint density at radius 3 is 3.12 bits per heavy atom. The van der Waals surface area contributed by atoms with E-state index in [9.17, 15) is 5.11 Å². The van der Waals surface area contributed by atoms with Crippen molar-refractivity contribution >= 4 is 0 Å². The van der Waals surface area contributed by atoms with Crippen molar-refractivity contribution in [2.24, 2.45) is 5.92 Å². The van der Waals surface area contributed by atoms with Crippen molar-refractivity contribution < 1.29 is 9.84 Å². The average molecular weight is 219 g/mol. The van der Waals surface area contributed by atoms with E-state index < -0.39 is 0 Å². The van der Waals surface area contributed by atoms with Crippen LogP contribution < -0.4 is 10.1 Å². The Morgan fingerprint density at radius 1 is 1.38 bits per heavy atom. The minimum absolute atomic E-state index is 0.336. The Labute approximate surface area is 95.4 Å². The van der Waals surface area contributed by atoms with E-state index in [0.29, 0.717) is 17.7 Å². The summed E-state index contributed by atoms with van der Waals surface area (Å²) < 4.78 is 5.75. The fraction of sp³-hybridized carbons (Fsp3) is 0.538. The van der Waals surface area contributed by atoms with Crippen LogP contribution in [0, 0.1) is 5.92 Å². The van der Waals surface area contributed by atoms with Gasteiger partial charge in [0.2, 0.25) is 0 Å². The molecule has 1 saturated heterocycles. The molecule has 86 valence electrons. The smallest absolute Gasteiger partial charge is 0.122 e. The van der Waals surface area contributed by atoms with E-state index in [1.807, 2.05) is 12.1 Å². The van der Waals surface area contributed by atoms with Crippen LogP contribution in [0.25, 0.3) is 0 Å². The fourth-order valence-electron chi connectivity index (χ4n) is 2.78. The maximum absolute atomic E-state index is 9.47. The number of ether oxygens (including phenoxy) is 1. The normalized spacial score (nSPS) is 28.5. The number of rotatable bonds is 1. The van der Waals surface area contributed by atoms with Crippen LogP contribution in [0.3, 0.4) is 0 Å². The summed E-state index contributed by atoms with van der Waals surface area (Å²) in [4.78, 5) is 0. The largest absolute Gasteiger partial charge is 0.508 e. The SMILES string of the molecule is Oc1ccc2c(c1)CC(C1CCCN1)CO2. The fourth-order valence-corrected chi connectivity index (χ4v) is 2.78. The van der Waals surface area contributed by atoms with Gasteiger partial charge in [0.25, 0.3) is 0 Å². The molecular weight excluding hydrogens is 202 g/mol. The molecule has 3 rings (SSSR count). The average Bonchev–Trinajstić information content (AvgIpc) is 2.81. The maximum atomic E-state index is 9.47. The second-order valence-electron chi connectivity index (χ2n) is 4.77. The zero-order valence-corrected chi connectivity index (χ0v) is 9.28. The molecule has 1 fully saturated rings. The highest BCUT2D eigenvalue weighted by atomic mass is 16.5. The first-order valence-corrected chi connectivity index (χ1v) is 6.01. The van der Waals surface area contributed by atoms with E-state index in [1.165, 1.54) is 12.8 Å². The van der Waals surface area contributed by atoms with Crippen molar-refractivity contribution in [1.82, 2.24) is 5.32 Å². The van der Waals surface area contributed by atoms with Crippen LogP contribution in [-0.4, -0.2) is 24.3 Å². The standard InChI is InChI=1S/C13H17NO2/c15-11-3-4-13-9(7-11)6-10(8-16-13)12-2-1-5-14-12/h3-4,7,10,12,14-15H,1-2,5-6,8H2. The molecule has 0 amide bonds. The molecule has 2 N–H and O–H groups in total. The zero-order valence-electron chi connectivity index (χ0n) is 9.28. The summed E-state index contributed by atoms with van der Waals surface area (Å²) in [6.45, 7) is 1.93. The zero-order chi connectivity index (χ0) is 11.0. The van der Waals surface area contributed by atoms with Crippen LogP contribution in [0.2, 0.25) is 0 Å². The van der Waals surface area contributed by atoms with Gasteiger partial charge in [-0.1, -0.05) is 0 Å². The Balaban J connectivity index is 1.79. The summed E-state index contributed by atoms with van der Waals surface area (Å²) in [7, 11) is 0. The minimum Gasteiger partial charge on any atom is -0.508 e. The summed E-state index contributed by atoms with van der Waals surface area (Å²) in [6.07, 6.45) is 3.54. The van der Waals surface area contributed by atoms with Crippen LogP contribution in [0.1, 0.15) is 18.4 Å². The van der Waals surface area contributed by atoms with E-state index in [-0.39, 0.29) is 0 Å². The quantitative estimate of drug-likeness (QED) is 0.755. The predicted octanol–water partition coefficient (Wildman–Crippen LogP) is 1.70. The summed E-state index contributed by atoms with van der Waals surface area (Å²) in [5.41, 5.74) is 1.14. The molecule has 2 aliphatic rings. The van der Waals surface area contributed by atoms with Crippen molar-refractivity contribution in [3.05, 3.63) is 23.8 Å². The highest BCUT2D eigenvalue weighted by molar-refractivity contribution is 5.41. The number of phenols is 1. The molecule has 0 bridgehead atoms. The lowest BCUT2D eigenvalue weighted by Gasteiger charge is -2.29. The maximum Gasteiger partial charge on any atom is 0.122 e. The Kier molecular flexibility index (Phi) is 2.48. The molecule has 0 saturated carbocycles. The van der Waals surface area contributed by atoms with Crippen LogP contribution >= 0.6 is 0 Å². The molecule has 0 aromatic heterocycles. The van der Waals surface area contributed by atoms with Gasteiger partial charge in [-0.15, -0.1) is 0 Å². The van der Waals surface area contributed by atoms with Crippen molar-refractivity contribution in [1.29, 1.82) is 0 Å². The highest BCUT2D eigenvalue weighted by Gasteiger charge is 2.29. The molecule has 2 heterocycles. The van der Waals surface area contributed by atoms with E-state index in [2.05, 4.69) is 5.32 Å². The van der Waals surface area contributed by atoms with Gasteiger partial charge in [-0.25, -0.2) is 0 Å². The number of hydrogen-bond donors (Lipinski definition) is 2. The van der Waals surface area contributed by atoms with Crippen LogP contribution in [0.15, 0.2) is 18.2 Å². The van der Waals surface area contributed by atoms with E-state index in [4.69, 9.17) is 4.74 Å². The molecule has 2 aliphatic heterocycles. The molecule has 0 radical (unpaired) electrons. The molecule has 3 heteroatoms. The predicted molar refractivity (Wildman–Crippen MR) is 61.8 cm³/mol. The molecule has 16 heavy (non-hydrogen) atoms. The minimum atomic E-state index is 0.336. The third kappa shape index (κ3) is 1.76. The van der Waals surface area contributed by atoms with Crippen molar-refractivity contribution in [2.75, 3.05) is 13.2 Å². The van der Waals surface area contributed by atoms with Gasteiger partial charge >= 0.3 is 0 Å². The summed E-state index contributed by atoms with van der Waals surface area (Å²) >= 11 is 0. The van der Waals surface area contributed by atoms with Gasteiger partial charge in [0, 0.05) is 12.0 Å². The second-order valence-corrected chi connectivity index (χ2v) is 4.77. The van der Waals surface area contributed by atoms with Gasteiger partial charge in [-0.2, -0.15) is 0 Å². The monoisotopic (exact) mass is 219 g/mol. The lowest BCUT2D eigenvalue weighted by molar-refractivity contribution is 0.191. The van der Waals surface area contributed by atoms with Crippen LogP contribution in [0.5, 0.6) is 11.5 Å². The van der Waals surface area contributed by atoms with Gasteiger partial charge in [0.15, 0.2) is 0 Å². The van der Waals surface area contributed by atoms with Gasteiger partial charge < -0.3 is 15.2 Å². The Hall–Kier alpha value is -1.22. The van der Waals surface area contributed by atoms with Gasteiger partial charge in [0.05, 0.1) is 6.61 Å².